The van der Waals surface area contributed by atoms with Crippen molar-refractivity contribution in [2.24, 2.45) is 0 Å². The Morgan fingerprint density at radius 2 is 1.75 bits per heavy atom. The second-order valence-corrected chi connectivity index (χ2v) is 6.54. The van der Waals surface area contributed by atoms with Crippen LogP contribution in [0, 0.1) is 0 Å². The van der Waals surface area contributed by atoms with E-state index < -0.39 is 17.4 Å². The largest absolute Gasteiger partial charge is 0.480 e. The van der Waals surface area contributed by atoms with Crippen molar-refractivity contribution in [1.29, 1.82) is 0 Å². The van der Waals surface area contributed by atoms with E-state index in [9.17, 15) is 19.5 Å². The molecule has 0 aromatic heterocycles. The van der Waals surface area contributed by atoms with Crippen LogP contribution in [0.4, 0.5) is 5.69 Å². The number of amides is 2. The molecule has 1 saturated carbocycles. The van der Waals surface area contributed by atoms with Gasteiger partial charge in [0, 0.05) is 12.6 Å². The molecular weight excluding hydrogens is 332 g/mol. The van der Waals surface area contributed by atoms with Crippen molar-refractivity contribution in [2.75, 3.05) is 5.32 Å². The average Bonchev–Trinajstić information content (AvgIpc) is 2.75. The second-order valence-electron chi connectivity index (χ2n) is 6.13. The Morgan fingerprint density at radius 1 is 1.12 bits per heavy atom. The maximum atomic E-state index is 12.6. The molecule has 0 saturated heterocycles. The molecule has 0 atom stereocenters. The highest BCUT2D eigenvalue weighted by molar-refractivity contribution is 6.34. The summed E-state index contributed by atoms with van der Waals surface area (Å²) in [6, 6.07) is 4.53. The van der Waals surface area contributed by atoms with Gasteiger partial charge in [-0.2, -0.15) is 0 Å². The highest BCUT2D eigenvalue weighted by Crippen LogP contribution is 2.29. The van der Waals surface area contributed by atoms with Gasteiger partial charge in [-0.15, -0.1) is 0 Å². The van der Waals surface area contributed by atoms with Crippen LogP contribution in [-0.2, 0) is 9.59 Å². The molecule has 1 aliphatic rings. The van der Waals surface area contributed by atoms with Crippen LogP contribution in [0.3, 0.4) is 0 Å². The van der Waals surface area contributed by atoms with E-state index in [4.69, 9.17) is 11.6 Å². The molecule has 0 aliphatic heterocycles. The molecule has 0 radical (unpaired) electrons. The van der Waals surface area contributed by atoms with Crippen LogP contribution in [0.2, 0.25) is 5.02 Å². The van der Waals surface area contributed by atoms with Crippen molar-refractivity contribution in [2.45, 2.75) is 51.0 Å². The zero-order valence-corrected chi connectivity index (χ0v) is 14.3. The van der Waals surface area contributed by atoms with E-state index in [1.165, 1.54) is 19.1 Å². The fourth-order valence-corrected chi connectivity index (χ4v) is 3.19. The number of hydrogen-bond acceptors (Lipinski definition) is 3. The third kappa shape index (κ3) is 4.26. The van der Waals surface area contributed by atoms with Crippen molar-refractivity contribution in [1.82, 2.24) is 5.32 Å². The highest BCUT2D eigenvalue weighted by Gasteiger charge is 2.40. The van der Waals surface area contributed by atoms with Gasteiger partial charge in [0.05, 0.1) is 10.6 Å². The molecule has 6 nitrogen and oxygen atoms in total. The number of benzene rings is 1. The second kappa shape index (κ2) is 7.66. The lowest BCUT2D eigenvalue weighted by Gasteiger charge is -2.29. The van der Waals surface area contributed by atoms with Gasteiger partial charge in [-0.3, -0.25) is 9.59 Å². The zero-order chi connectivity index (χ0) is 17.7. The summed E-state index contributed by atoms with van der Waals surface area (Å²) in [6.45, 7) is 1.36. The van der Waals surface area contributed by atoms with Crippen molar-refractivity contribution < 1.29 is 19.5 Å². The number of anilines is 1. The molecule has 1 aromatic carbocycles. The van der Waals surface area contributed by atoms with E-state index in [1.54, 1.807) is 6.07 Å². The summed E-state index contributed by atoms with van der Waals surface area (Å²) >= 11 is 6.08. The van der Waals surface area contributed by atoms with E-state index in [0.29, 0.717) is 18.5 Å². The van der Waals surface area contributed by atoms with Crippen molar-refractivity contribution in [3.63, 3.8) is 0 Å². The summed E-state index contributed by atoms with van der Waals surface area (Å²) in [5.41, 5.74) is -0.684. The summed E-state index contributed by atoms with van der Waals surface area (Å²) in [4.78, 5) is 35.6. The molecule has 7 heteroatoms. The first-order valence-corrected chi connectivity index (χ1v) is 8.35. The lowest BCUT2D eigenvalue weighted by Crippen LogP contribution is -2.54. The van der Waals surface area contributed by atoms with E-state index in [0.717, 1.165) is 25.7 Å². The number of carbonyl (C=O) groups excluding carboxylic acids is 2. The van der Waals surface area contributed by atoms with Gasteiger partial charge >= 0.3 is 5.97 Å². The maximum absolute atomic E-state index is 12.6. The van der Waals surface area contributed by atoms with Crippen LogP contribution in [0.15, 0.2) is 18.2 Å². The van der Waals surface area contributed by atoms with Crippen molar-refractivity contribution in [3.8, 4) is 0 Å². The summed E-state index contributed by atoms with van der Waals surface area (Å²) in [5, 5.41) is 15.1. The molecule has 3 N–H and O–H groups in total. The van der Waals surface area contributed by atoms with E-state index in [2.05, 4.69) is 10.6 Å². The molecule has 2 amide bonds. The summed E-state index contributed by atoms with van der Waals surface area (Å²) in [7, 11) is 0. The molecular formula is C17H21ClN2O4. The molecule has 0 bridgehead atoms. The average molecular weight is 353 g/mol. The lowest BCUT2D eigenvalue weighted by atomic mass is 9.89. The molecule has 1 aromatic rings. The smallest absolute Gasteiger partial charge is 0.329 e. The van der Waals surface area contributed by atoms with Gasteiger partial charge in [0.1, 0.15) is 5.54 Å². The van der Waals surface area contributed by atoms with Gasteiger partial charge in [-0.25, -0.2) is 4.79 Å². The molecule has 0 spiro atoms. The lowest BCUT2D eigenvalue weighted by molar-refractivity contribution is -0.145. The molecule has 1 aliphatic carbocycles. The Labute approximate surface area is 145 Å². The SMILES string of the molecule is CC(=O)Nc1ccc(Cl)c(C(=O)NC2(C(=O)O)CCCCCC2)c1. The first-order valence-electron chi connectivity index (χ1n) is 7.97. The first-order chi connectivity index (χ1) is 11.3. The standard InChI is InChI=1S/C17H21ClN2O4/c1-11(21)19-12-6-7-14(18)13(10-12)15(22)20-17(16(23)24)8-4-2-3-5-9-17/h6-7,10H,2-5,8-9H2,1H3,(H,19,21)(H,20,22)(H,23,24). The Morgan fingerprint density at radius 3 is 2.29 bits per heavy atom. The fourth-order valence-electron chi connectivity index (χ4n) is 2.99. The number of hydrogen-bond donors (Lipinski definition) is 3. The fraction of sp³-hybridized carbons (Fsp3) is 0.471. The number of carbonyl (C=O) groups is 3. The Bertz CT molecular complexity index is 652. The maximum Gasteiger partial charge on any atom is 0.329 e. The third-order valence-electron chi connectivity index (χ3n) is 4.25. The number of aliphatic carboxylic acids is 1. The monoisotopic (exact) mass is 352 g/mol. The number of carboxylic acid groups (broad SMARTS) is 1. The third-order valence-corrected chi connectivity index (χ3v) is 4.58. The van der Waals surface area contributed by atoms with Gasteiger partial charge in [0.2, 0.25) is 5.91 Å². The van der Waals surface area contributed by atoms with Gasteiger partial charge in [0.25, 0.3) is 5.91 Å². The van der Waals surface area contributed by atoms with E-state index >= 15 is 0 Å². The van der Waals surface area contributed by atoms with Crippen LogP contribution in [0.5, 0.6) is 0 Å². The summed E-state index contributed by atoms with van der Waals surface area (Å²) in [6.07, 6.45) is 4.24. The number of carboxylic acids is 1. The minimum atomic E-state index is -1.26. The first kappa shape index (κ1) is 18.3. The van der Waals surface area contributed by atoms with E-state index in [-0.39, 0.29) is 16.5 Å². The molecule has 2 rings (SSSR count). The quantitative estimate of drug-likeness (QED) is 0.725. The minimum absolute atomic E-state index is 0.146. The highest BCUT2D eigenvalue weighted by atomic mass is 35.5. The van der Waals surface area contributed by atoms with Crippen molar-refractivity contribution in [3.05, 3.63) is 28.8 Å². The Balaban J connectivity index is 2.26. The van der Waals surface area contributed by atoms with Crippen LogP contribution >= 0.6 is 11.6 Å². The van der Waals surface area contributed by atoms with Crippen LogP contribution in [-0.4, -0.2) is 28.4 Å². The zero-order valence-electron chi connectivity index (χ0n) is 13.5. The normalized spacial score (nSPS) is 16.8. The van der Waals surface area contributed by atoms with Gasteiger partial charge < -0.3 is 15.7 Å². The van der Waals surface area contributed by atoms with Gasteiger partial charge in [-0.05, 0) is 31.0 Å². The minimum Gasteiger partial charge on any atom is -0.480 e. The number of halogens is 1. The summed E-state index contributed by atoms with van der Waals surface area (Å²) in [5.74, 6) is -1.84. The Hall–Kier alpha value is -2.08. The molecule has 24 heavy (non-hydrogen) atoms. The van der Waals surface area contributed by atoms with Crippen LogP contribution in [0.1, 0.15) is 55.8 Å². The number of nitrogens with one attached hydrogen (secondary N) is 2. The van der Waals surface area contributed by atoms with Crippen molar-refractivity contribution >= 4 is 35.1 Å². The molecule has 1 fully saturated rings. The topological polar surface area (TPSA) is 95.5 Å². The molecule has 0 heterocycles. The molecule has 130 valence electrons. The number of rotatable bonds is 4. The predicted octanol–water partition coefficient (Wildman–Crippen LogP) is 3.21. The predicted molar refractivity (Wildman–Crippen MR) is 91.3 cm³/mol. The van der Waals surface area contributed by atoms with E-state index in [1.807, 2.05) is 0 Å². The summed E-state index contributed by atoms with van der Waals surface area (Å²) < 4.78 is 0. The van der Waals surface area contributed by atoms with Gasteiger partial charge in [-0.1, -0.05) is 37.3 Å². The molecule has 0 unspecified atom stereocenters. The Kier molecular flexibility index (Phi) is 5.83. The van der Waals surface area contributed by atoms with Gasteiger partial charge in [0.15, 0.2) is 0 Å². The van der Waals surface area contributed by atoms with Crippen LogP contribution in [0.25, 0.3) is 0 Å². The van der Waals surface area contributed by atoms with Crippen LogP contribution < -0.4 is 10.6 Å².